The summed E-state index contributed by atoms with van der Waals surface area (Å²) in [6.07, 6.45) is 1.66. The summed E-state index contributed by atoms with van der Waals surface area (Å²) < 4.78 is 20.7. The number of amidine groups is 3. The topological polar surface area (TPSA) is 73.8 Å². The number of carbonyl (C=O) groups excluding carboxylic acids is 1. The van der Waals surface area contributed by atoms with Crippen LogP contribution in [-0.2, 0) is 10.5 Å². The molecule has 2 aliphatic heterocycles. The summed E-state index contributed by atoms with van der Waals surface area (Å²) in [5.74, 6) is -0.0859. The van der Waals surface area contributed by atoms with Crippen molar-refractivity contribution in [2.45, 2.75) is 19.6 Å². The van der Waals surface area contributed by atoms with E-state index in [2.05, 4.69) is 9.39 Å². The normalized spacial score (nSPS) is 16.7. The Morgan fingerprint density at radius 2 is 1.85 bits per heavy atom. The lowest BCUT2D eigenvalue weighted by Gasteiger charge is -2.24. The molecule has 0 saturated heterocycles. The number of benzene rings is 2. The first-order valence-electron chi connectivity index (χ1n) is 10.5. The van der Waals surface area contributed by atoms with Crippen molar-refractivity contribution in [2.24, 2.45) is 9.39 Å². The second-order valence-electron chi connectivity index (χ2n) is 7.79. The van der Waals surface area contributed by atoms with Crippen molar-refractivity contribution >= 4 is 51.9 Å². The van der Waals surface area contributed by atoms with Gasteiger partial charge in [-0.05, 0) is 49.2 Å². The number of rotatable bonds is 4. The van der Waals surface area contributed by atoms with Crippen LogP contribution in [-0.4, -0.2) is 31.5 Å². The first kappa shape index (κ1) is 22.4. The van der Waals surface area contributed by atoms with Crippen LogP contribution in [0.2, 0.25) is 0 Å². The summed E-state index contributed by atoms with van der Waals surface area (Å²) in [5, 5.41) is 9.78. The van der Waals surface area contributed by atoms with Crippen LogP contribution in [0.4, 0.5) is 4.39 Å². The molecule has 0 aliphatic carbocycles. The Balaban J connectivity index is 1.45. The Hall–Kier alpha value is -3.43. The molecule has 0 bridgehead atoms. The molecule has 170 valence electrons. The number of hydrogen-bond donors (Lipinski definition) is 1. The van der Waals surface area contributed by atoms with Gasteiger partial charge in [0.05, 0.1) is 23.2 Å². The van der Waals surface area contributed by atoms with Gasteiger partial charge in [-0.1, -0.05) is 54.2 Å². The summed E-state index contributed by atoms with van der Waals surface area (Å²) in [4.78, 5) is 18.6. The third-order valence-electron chi connectivity index (χ3n) is 5.57. The first-order valence-corrected chi connectivity index (χ1v) is 12.3. The third kappa shape index (κ3) is 4.01. The number of hydrogen-bond acceptors (Lipinski definition) is 5. The number of nitrogens with one attached hydrogen (secondary N) is 1. The number of para-hydroxylation sites is 1. The standard InChI is InChI=1S/C25H20FN5OS2/c1-15-12-18(16(2)30(15)21-11-7-6-10-20(21)26)13-19-22(27)31-24(28-23(19)32)34-29-25(31)33-14-17-8-4-3-5-9-17/h3-13,27H,14H2,1-2H3/b19-13-,27-22?. The van der Waals surface area contributed by atoms with Gasteiger partial charge in [-0.15, -0.1) is 0 Å². The summed E-state index contributed by atoms with van der Waals surface area (Å²) in [7, 11) is 0. The number of aryl methyl sites for hydroxylation is 1. The van der Waals surface area contributed by atoms with E-state index in [1.54, 1.807) is 29.2 Å². The fourth-order valence-electron chi connectivity index (χ4n) is 3.91. The molecule has 2 aromatic carbocycles. The van der Waals surface area contributed by atoms with Crippen molar-refractivity contribution in [3.63, 3.8) is 0 Å². The van der Waals surface area contributed by atoms with E-state index in [1.165, 1.54) is 17.8 Å². The minimum atomic E-state index is -0.482. The second kappa shape index (κ2) is 9.08. The van der Waals surface area contributed by atoms with Crippen molar-refractivity contribution in [3.8, 4) is 5.69 Å². The fourth-order valence-corrected chi connectivity index (χ4v) is 5.71. The van der Waals surface area contributed by atoms with Gasteiger partial charge in [0, 0.05) is 17.1 Å². The number of nitrogens with zero attached hydrogens (tertiary/aromatic N) is 4. The second-order valence-corrected chi connectivity index (χ2v) is 9.47. The van der Waals surface area contributed by atoms with Gasteiger partial charge < -0.3 is 4.57 Å². The van der Waals surface area contributed by atoms with Gasteiger partial charge in [0.25, 0.3) is 5.91 Å². The van der Waals surface area contributed by atoms with Crippen molar-refractivity contribution in [1.29, 1.82) is 5.41 Å². The number of amides is 1. The molecule has 3 aromatic rings. The molecule has 6 nitrogen and oxygen atoms in total. The monoisotopic (exact) mass is 489 g/mol. The van der Waals surface area contributed by atoms with Crippen LogP contribution in [0, 0.1) is 25.1 Å². The van der Waals surface area contributed by atoms with E-state index in [0.29, 0.717) is 21.8 Å². The van der Waals surface area contributed by atoms with Gasteiger partial charge >= 0.3 is 0 Å². The summed E-state index contributed by atoms with van der Waals surface area (Å²) in [6.45, 7) is 3.75. The van der Waals surface area contributed by atoms with Crippen LogP contribution >= 0.6 is 23.7 Å². The Labute approximate surface area is 204 Å². The predicted octanol–water partition coefficient (Wildman–Crippen LogP) is 5.74. The van der Waals surface area contributed by atoms with Crippen LogP contribution in [0.1, 0.15) is 22.5 Å². The van der Waals surface area contributed by atoms with Crippen molar-refractivity contribution in [2.75, 3.05) is 0 Å². The molecule has 1 N–H and O–H groups in total. The molecule has 0 atom stereocenters. The van der Waals surface area contributed by atoms with E-state index < -0.39 is 5.91 Å². The van der Waals surface area contributed by atoms with Crippen molar-refractivity contribution in [3.05, 3.63) is 94.6 Å². The van der Waals surface area contributed by atoms with Gasteiger partial charge in [-0.3, -0.25) is 10.2 Å². The molecule has 1 aromatic heterocycles. The molecule has 0 unspecified atom stereocenters. The van der Waals surface area contributed by atoms with Gasteiger partial charge in [0.1, 0.15) is 11.7 Å². The maximum absolute atomic E-state index is 14.4. The number of halogens is 1. The van der Waals surface area contributed by atoms with E-state index in [9.17, 15) is 9.18 Å². The molecule has 2 aliphatic rings. The van der Waals surface area contributed by atoms with Crippen molar-refractivity contribution in [1.82, 2.24) is 9.47 Å². The molecule has 0 radical (unpaired) electrons. The largest absolute Gasteiger partial charge is 0.315 e. The Morgan fingerprint density at radius 3 is 2.62 bits per heavy atom. The number of carbonyl (C=O) groups is 1. The van der Waals surface area contributed by atoms with E-state index >= 15 is 0 Å². The highest BCUT2D eigenvalue weighted by Gasteiger charge is 2.37. The number of aromatic nitrogens is 1. The highest BCUT2D eigenvalue weighted by atomic mass is 32.2. The van der Waals surface area contributed by atoms with Gasteiger partial charge in [0.2, 0.25) is 5.17 Å². The maximum Gasteiger partial charge on any atom is 0.283 e. The van der Waals surface area contributed by atoms with E-state index in [0.717, 1.165) is 34.5 Å². The molecule has 9 heteroatoms. The lowest BCUT2D eigenvalue weighted by atomic mass is 10.1. The zero-order valence-corrected chi connectivity index (χ0v) is 20.1. The van der Waals surface area contributed by atoms with E-state index in [-0.39, 0.29) is 17.2 Å². The summed E-state index contributed by atoms with van der Waals surface area (Å²) in [6, 6.07) is 18.4. The van der Waals surface area contributed by atoms with Crippen LogP contribution < -0.4 is 0 Å². The van der Waals surface area contributed by atoms with Crippen LogP contribution in [0.15, 0.2) is 75.6 Å². The fraction of sp³-hybridized carbons (Fsp3) is 0.120. The summed E-state index contributed by atoms with van der Waals surface area (Å²) in [5.41, 5.74) is 4.08. The quantitative estimate of drug-likeness (QED) is 0.374. The maximum atomic E-state index is 14.4. The lowest BCUT2D eigenvalue weighted by Crippen LogP contribution is -2.41. The van der Waals surface area contributed by atoms with E-state index in [1.807, 2.05) is 54.8 Å². The predicted molar refractivity (Wildman–Crippen MR) is 138 cm³/mol. The Morgan fingerprint density at radius 1 is 1.12 bits per heavy atom. The lowest BCUT2D eigenvalue weighted by molar-refractivity contribution is -0.114. The molecule has 1 amide bonds. The first-order chi connectivity index (χ1) is 16.4. The highest BCUT2D eigenvalue weighted by molar-refractivity contribution is 8.18. The SMILES string of the molecule is Cc1cc(/C=C2/C(=N)N3C(SCc4ccccc4)=NSC3=NC2=O)c(C)n1-c1ccccc1F. The van der Waals surface area contributed by atoms with Crippen LogP contribution in [0.5, 0.6) is 0 Å². The van der Waals surface area contributed by atoms with Crippen LogP contribution in [0.3, 0.4) is 0 Å². The zero-order chi connectivity index (χ0) is 23.8. The van der Waals surface area contributed by atoms with Gasteiger partial charge in [-0.2, -0.15) is 9.39 Å². The molecular formula is C25H20FN5OS2. The molecular weight excluding hydrogens is 469 g/mol. The van der Waals surface area contributed by atoms with Gasteiger partial charge in [0.15, 0.2) is 5.17 Å². The van der Waals surface area contributed by atoms with Crippen molar-refractivity contribution < 1.29 is 9.18 Å². The third-order valence-corrected chi connectivity index (χ3v) is 7.40. The minimum absolute atomic E-state index is 0.0370. The highest BCUT2D eigenvalue weighted by Crippen LogP contribution is 2.33. The number of aliphatic imine (C=N–C) groups is 1. The zero-order valence-electron chi connectivity index (χ0n) is 18.4. The van der Waals surface area contributed by atoms with Crippen LogP contribution in [0.25, 0.3) is 11.8 Å². The van der Waals surface area contributed by atoms with Gasteiger partial charge in [-0.25, -0.2) is 9.29 Å². The van der Waals surface area contributed by atoms with E-state index in [4.69, 9.17) is 5.41 Å². The average molecular weight is 490 g/mol. The average Bonchev–Trinajstić information content (AvgIpc) is 3.36. The Kier molecular flexibility index (Phi) is 5.97. The molecule has 0 fully saturated rings. The molecule has 0 saturated carbocycles. The Bertz CT molecular complexity index is 1410. The number of thioether (sulfide) groups is 1. The molecule has 0 spiro atoms. The minimum Gasteiger partial charge on any atom is -0.315 e. The summed E-state index contributed by atoms with van der Waals surface area (Å²) >= 11 is 2.60. The molecule has 5 rings (SSSR count). The number of fused-ring (bicyclic) bond motifs is 1. The molecule has 34 heavy (non-hydrogen) atoms. The molecule has 3 heterocycles. The smallest absolute Gasteiger partial charge is 0.283 e.